The van der Waals surface area contributed by atoms with Gasteiger partial charge in [0.05, 0.1) is 6.61 Å². The molecule has 1 amide bonds. The number of rotatable bonds is 5. The van der Waals surface area contributed by atoms with Crippen molar-refractivity contribution < 1.29 is 14.3 Å². The van der Waals surface area contributed by atoms with E-state index in [1.807, 2.05) is 0 Å². The van der Waals surface area contributed by atoms with E-state index in [0.29, 0.717) is 19.4 Å². The molecule has 1 N–H and O–H groups in total. The monoisotopic (exact) mass is 199 g/mol. The summed E-state index contributed by atoms with van der Waals surface area (Å²) in [6.07, 6.45) is 4.17. The lowest BCUT2D eigenvalue weighted by Gasteiger charge is -2.07. The van der Waals surface area contributed by atoms with Crippen molar-refractivity contribution >= 4 is 11.9 Å². The summed E-state index contributed by atoms with van der Waals surface area (Å²) in [6, 6.07) is -0.399. The third kappa shape index (κ3) is 3.36. The zero-order valence-corrected chi connectivity index (χ0v) is 8.54. The maximum Gasteiger partial charge on any atom is 0.328 e. The van der Waals surface area contributed by atoms with Gasteiger partial charge in [0, 0.05) is 12.8 Å². The SMILES string of the molecule is CCCCCC(=O)N[C@@H]1CCOC1=O. The van der Waals surface area contributed by atoms with Gasteiger partial charge in [-0.15, -0.1) is 0 Å². The molecule has 0 aromatic carbocycles. The van der Waals surface area contributed by atoms with Crippen LogP contribution >= 0.6 is 0 Å². The highest BCUT2D eigenvalue weighted by Gasteiger charge is 2.27. The van der Waals surface area contributed by atoms with Crippen LogP contribution < -0.4 is 5.32 Å². The molecule has 0 aromatic rings. The molecular formula is C10H17NO3. The second-order valence-electron chi connectivity index (χ2n) is 3.53. The van der Waals surface area contributed by atoms with Crippen molar-refractivity contribution in [1.82, 2.24) is 5.32 Å². The zero-order chi connectivity index (χ0) is 10.4. The van der Waals surface area contributed by atoms with E-state index in [2.05, 4.69) is 12.2 Å². The Morgan fingerprint density at radius 1 is 1.57 bits per heavy atom. The minimum Gasteiger partial charge on any atom is -0.464 e. The van der Waals surface area contributed by atoms with Crippen molar-refractivity contribution in [3.8, 4) is 0 Å². The third-order valence-corrected chi connectivity index (χ3v) is 2.28. The van der Waals surface area contributed by atoms with Crippen LogP contribution in [0.3, 0.4) is 0 Å². The molecule has 0 saturated carbocycles. The van der Waals surface area contributed by atoms with Crippen molar-refractivity contribution in [1.29, 1.82) is 0 Å². The van der Waals surface area contributed by atoms with Crippen LogP contribution in [0.4, 0.5) is 0 Å². The van der Waals surface area contributed by atoms with Crippen LogP contribution in [0.25, 0.3) is 0 Å². The number of unbranched alkanes of at least 4 members (excludes halogenated alkanes) is 2. The van der Waals surface area contributed by atoms with Gasteiger partial charge in [0.2, 0.25) is 5.91 Å². The van der Waals surface area contributed by atoms with E-state index < -0.39 is 6.04 Å². The first-order chi connectivity index (χ1) is 6.74. The van der Waals surface area contributed by atoms with Crippen LogP contribution in [0.5, 0.6) is 0 Å². The van der Waals surface area contributed by atoms with Gasteiger partial charge in [0.15, 0.2) is 0 Å². The molecule has 14 heavy (non-hydrogen) atoms. The highest BCUT2D eigenvalue weighted by atomic mass is 16.5. The van der Waals surface area contributed by atoms with E-state index in [1.165, 1.54) is 0 Å². The van der Waals surface area contributed by atoms with Crippen molar-refractivity contribution in [2.24, 2.45) is 0 Å². The number of cyclic esters (lactones) is 1. The Balaban J connectivity index is 2.16. The van der Waals surface area contributed by atoms with Gasteiger partial charge < -0.3 is 10.1 Å². The van der Waals surface area contributed by atoms with E-state index in [0.717, 1.165) is 19.3 Å². The van der Waals surface area contributed by atoms with Crippen LogP contribution in [-0.2, 0) is 14.3 Å². The highest BCUT2D eigenvalue weighted by molar-refractivity contribution is 5.85. The maximum absolute atomic E-state index is 11.3. The Labute approximate surface area is 84.0 Å². The highest BCUT2D eigenvalue weighted by Crippen LogP contribution is 2.06. The lowest BCUT2D eigenvalue weighted by atomic mass is 10.2. The fourth-order valence-corrected chi connectivity index (χ4v) is 1.43. The van der Waals surface area contributed by atoms with Gasteiger partial charge in [-0.2, -0.15) is 0 Å². The van der Waals surface area contributed by atoms with Gasteiger partial charge in [0.1, 0.15) is 6.04 Å². The predicted molar refractivity (Wildman–Crippen MR) is 51.6 cm³/mol. The normalized spacial score (nSPS) is 20.6. The molecule has 0 spiro atoms. The lowest BCUT2D eigenvalue weighted by Crippen LogP contribution is -2.37. The number of carbonyl (C=O) groups is 2. The van der Waals surface area contributed by atoms with Crippen LogP contribution in [0.2, 0.25) is 0 Å². The van der Waals surface area contributed by atoms with E-state index in [9.17, 15) is 9.59 Å². The van der Waals surface area contributed by atoms with Gasteiger partial charge in [0.25, 0.3) is 0 Å². The first-order valence-corrected chi connectivity index (χ1v) is 5.20. The molecular weight excluding hydrogens is 182 g/mol. The van der Waals surface area contributed by atoms with Gasteiger partial charge in [-0.25, -0.2) is 4.79 Å². The number of esters is 1. The molecule has 4 heteroatoms. The van der Waals surface area contributed by atoms with E-state index >= 15 is 0 Å². The number of hydrogen-bond donors (Lipinski definition) is 1. The Morgan fingerprint density at radius 3 is 2.93 bits per heavy atom. The molecule has 1 fully saturated rings. The molecule has 1 rings (SSSR count). The molecule has 0 aromatic heterocycles. The van der Waals surface area contributed by atoms with Crippen LogP contribution in [0, 0.1) is 0 Å². The number of carbonyl (C=O) groups excluding carboxylic acids is 2. The number of ether oxygens (including phenoxy) is 1. The Bertz CT molecular complexity index is 215. The second kappa shape index (κ2) is 5.62. The first-order valence-electron chi connectivity index (χ1n) is 5.20. The minimum atomic E-state index is -0.399. The van der Waals surface area contributed by atoms with Gasteiger partial charge in [-0.1, -0.05) is 19.8 Å². The standard InChI is InChI=1S/C10H17NO3/c1-2-3-4-5-9(12)11-8-6-7-14-10(8)13/h8H,2-7H2,1H3,(H,11,12)/t8-/m1/s1. The Morgan fingerprint density at radius 2 is 2.36 bits per heavy atom. The molecule has 0 radical (unpaired) electrons. The largest absolute Gasteiger partial charge is 0.464 e. The van der Waals surface area contributed by atoms with E-state index in [1.54, 1.807) is 0 Å². The summed E-state index contributed by atoms with van der Waals surface area (Å²) >= 11 is 0. The molecule has 1 aliphatic heterocycles. The number of amides is 1. The van der Waals surface area contributed by atoms with Gasteiger partial charge in [-0.05, 0) is 6.42 Å². The van der Waals surface area contributed by atoms with E-state index in [-0.39, 0.29) is 11.9 Å². The summed E-state index contributed by atoms with van der Waals surface area (Å²) in [5.74, 6) is -0.337. The van der Waals surface area contributed by atoms with Crippen molar-refractivity contribution in [2.75, 3.05) is 6.61 Å². The smallest absolute Gasteiger partial charge is 0.328 e. The van der Waals surface area contributed by atoms with Crippen molar-refractivity contribution in [3.63, 3.8) is 0 Å². The molecule has 0 aliphatic carbocycles. The molecule has 1 atom stereocenters. The molecule has 1 aliphatic rings. The average Bonchev–Trinajstić information content (AvgIpc) is 2.52. The molecule has 0 unspecified atom stereocenters. The first kappa shape index (κ1) is 11.0. The minimum absolute atomic E-state index is 0.0395. The van der Waals surface area contributed by atoms with Crippen LogP contribution in [0.1, 0.15) is 39.0 Å². The summed E-state index contributed by atoms with van der Waals surface area (Å²) in [4.78, 5) is 22.3. The Hall–Kier alpha value is -1.06. The quantitative estimate of drug-likeness (QED) is 0.531. The lowest BCUT2D eigenvalue weighted by molar-refractivity contribution is -0.141. The topological polar surface area (TPSA) is 55.4 Å². The van der Waals surface area contributed by atoms with Gasteiger partial charge >= 0.3 is 5.97 Å². The number of nitrogens with one attached hydrogen (secondary N) is 1. The van der Waals surface area contributed by atoms with Crippen LogP contribution in [0.15, 0.2) is 0 Å². The summed E-state index contributed by atoms with van der Waals surface area (Å²) in [5, 5.41) is 2.67. The molecule has 1 saturated heterocycles. The molecule has 80 valence electrons. The third-order valence-electron chi connectivity index (χ3n) is 2.28. The van der Waals surface area contributed by atoms with Crippen molar-refractivity contribution in [3.05, 3.63) is 0 Å². The summed E-state index contributed by atoms with van der Waals surface area (Å²) in [6.45, 7) is 2.52. The Kier molecular flexibility index (Phi) is 4.43. The van der Waals surface area contributed by atoms with Gasteiger partial charge in [-0.3, -0.25) is 4.79 Å². The fourth-order valence-electron chi connectivity index (χ4n) is 1.43. The predicted octanol–water partition coefficient (Wildman–Crippen LogP) is 0.998. The second-order valence-corrected chi connectivity index (χ2v) is 3.53. The summed E-state index contributed by atoms with van der Waals surface area (Å²) in [5.41, 5.74) is 0. The van der Waals surface area contributed by atoms with E-state index in [4.69, 9.17) is 4.74 Å². The average molecular weight is 199 g/mol. The van der Waals surface area contributed by atoms with Crippen molar-refractivity contribution in [2.45, 2.75) is 45.1 Å². The molecule has 4 nitrogen and oxygen atoms in total. The summed E-state index contributed by atoms with van der Waals surface area (Å²) in [7, 11) is 0. The molecule has 0 bridgehead atoms. The fraction of sp³-hybridized carbons (Fsp3) is 0.800. The summed E-state index contributed by atoms with van der Waals surface area (Å²) < 4.78 is 4.74. The molecule has 1 heterocycles. The van der Waals surface area contributed by atoms with Crippen LogP contribution in [-0.4, -0.2) is 24.5 Å². The zero-order valence-electron chi connectivity index (χ0n) is 8.54. The maximum atomic E-state index is 11.3. The number of hydrogen-bond acceptors (Lipinski definition) is 3.